The number of rotatable bonds is 4. The van der Waals surface area contributed by atoms with Crippen molar-refractivity contribution in [3.8, 4) is 0 Å². The lowest BCUT2D eigenvalue weighted by Gasteiger charge is -2.41. The molecule has 4 N–H and O–H groups in total. The molecular weight excluding hydrogens is 216 g/mol. The first-order valence-electron chi connectivity index (χ1n) is 6.53. The number of hydrogen-bond donors (Lipinski definition) is 3. The van der Waals surface area contributed by atoms with Gasteiger partial charge in [0.05, 0.1) is 0 Å². The van der Waals surface area contributed by atoms with E-state index in [9.17, 15) is 9.90 Å². The fraction of sp³-hybridized carbons (Fsp3) is 0.923. The van der Waals surface area contributed by atoms with Crippen LogP contribution in [0.5, 0.6) is 0 Å². The second-order valence-corrected chi connectivity index (χ2v) is 6.19. The molecule has 0 saturated heterocycles. The fourth-order valence-corrected chi connectivity index (χ4v) is 2.78. The quantitative estimate of drug-likeness (QED) is 0.689. The number of nitrogens with two attached hydrogens (primary N) is 1. The van der Waals surface area contributed by atoms with E-state index in [1.54, 1.807) is 0 Å². The topological polar surface area (TPSA) is 75.3 Å². The van der Waals surface area contributed by atoms with E-state index in [1.165, 1.54) is 19.3 Å². The summed E-state index contributed by atoms with van der Waals surface area (Å²) in [4.78, 5) is 10.8. The molecule has 1 saturated carbocycles. The van der Waals surface area contributed by atoms with Gasteiger partial charge in [-0.1, -0.05) is 33.6 Å². The summed E-state index contributed by atoms with van der Waals surface area (Å²) in [7, 11) is 0. The van der Waals surface area contributed by atoms with Crippen LogP contribution in [0.3, 0.4) is 0 Å². The maximum atomic E-state index is 10.8. The minimum Gasteiger partial charge on any atom is -0.382 e. The molecule has 100 valence electrons. The summed E-state index contributed by atoms with van der Waals surface area (Å²) in [5.74, 6) is -0.0584. The van der Waals surface area contributed by atoms with E-state index in [1.807, 2.05) is 0 Å². The lowest BCUT2D eigenvalue weighted by molar-refractivity contribution is -0.125. The zero-order valence-corrected chi connectivity index (χ0v) is 11.2. The standard InChI is InChI=1S/C13H26N2O2/c1-13(2,3)9-6-4-5-7-10(9)15-8-11(16)12(14)17/h9-11,15-16H,4-8H2,1-3H3,(H2,14,17). The Morgan fingerprint density at radius 3 is 2.53 bits per heavy atom. The molecular formula is C13H26N2O2. The van der Waals surface area contributed by atoms with E-state index in [0.717, 1.165) is 6.42 Å². The van der Waals surface area contributed by atoms with Crippen LogP contribution in [0, 0.1) is 11.3 Å². The molecule has 0 spiro atoms. The highest BCUT2D eigenvalue weighted by atomic mass is 16.3. The molecule has 3 atom stereocenters. The summed E-state index contributed by atoms with van der Waals surface area (Å²) in [5.41, 5.74) is 5.30. The first kappa shape index (κ1) is 14.5. The van der Waals surface area contributed by atoms with Crippen LogP contribution in [0.15, 0.2) is 0 Å². The third kappa shape index (κ3) is 4.28. The lowest BCUT2D eigenvalue weighted by atomic mass is 9.69. The van der Waals surface area contributed by atoms with Crippen LogP contribution in [0.4, 0.5) is 0 Å². The van der Waals surface area contributed by atoms with Gasteiger partial charge in [-0.25, -0.2) is 0 Å². The summed E-state index contributed by atoms with van der Waals surface area (Å²) in [6.45, 7) is 7.03. The van der Waals surface area contributed by atoms with Crippen LogP contribution >= 0.6 is 0 Å². The molecule has 0 aromatic carbocycles. The average Bonchev–Trinajstić information content (AvgIpc) is 2.24. The Balaban J connectivity index is 2.52. The van der Waals surface area contributed by atoms with Crippen LogP contribution in [-0.2, 0) is 4.79 Å². The Labute approximate surface area is 104 Å². The van der Waals surface area contributed by atoms with Crippen molar-refractivity contribution < 1.29 is 9.90 Å². The summed E-state index contributed by atoms with van der Waals surface area (Å²) in [6.07, 6.45) is 3.76. The van der Waals surface area contributed by atoms with E-state index in [-0.39, 0.29) is 12.0 Å². The van der Waals surface area contributed by atoms with Crippen molar-refractivity contribution in [3.63, 3.8) is 0 Å². The first-order chi connectivity index (χ1) is 7.82. The fourth-order valence-electron chi connectivity index (χ4n) is 2.78. The summed E-state index contributed by atoms with van der Waals surface area (Å²) in [5, 5.41) is 12.7. The predicted octanol–water partition coefficient (Wildman–Crippen LogP) is 1.03. The summed E-state index contributed by atoms with van der Waals surface area (Å²) in [6, 6.07) is 0.387. The van der Waals surface area contributed by atoms with Crippen molar-refractivity contribution in [1.29, 1.82) is 0 Å². The van der Waals surface area contributed by atoms with Crippen molar-refractivity contribution in [2.45, 2.75) is 58.6 Å². The summed E-state index contributed by atoms with van der Waals surface area (Å²) < 4.78 is 0. The molecule has 1 fully saturated rings. The van der Waals surface area contributed by atoms with Gasteiger partial charge >= 0.3 is 0 Å². The van der Waals surface area contributed by atoms with Crippen molar-refractivity contribution in [2.24, 2.45) is 17.1 Å². The molecule has 0 aromatic heterocycles. The number of primary amides is 1. The van der Waals surface area contributed by atoms with Gasteiger partial charge in [-0.2, -0.15) is 0 Å². The van der Waals surface area contributed by atoms with E-state index >= 15 is 0 Å². The van der Waals surface area contributed by atoms with Gasteiger partial charge in [0.15, 0.2) is 0 Å². The largest absolute Gasteiger partial charge is 0.382 e. The molecule has 0 bridgehead atoms. The number of nitrogens with one attached hydrogen (secondary N) is 1. The second kappa shape index (κ2) is 5.83. The zero-order valence-electron chi connectivity index (χ0n) is 11.2. The molecule has 1 rings (SSSR count). The second-order valence-electron chi connectivity index (χ2n) is 6.19. The predicted molar refractivity (Wildman–Crippen MR) is 68.4 cm³/mol. The minimum absolute atomic E-state index is 0.260. The van der Waals surface area contributed by atoms with Gasteiger partial charge in [0.1, 0.15) is 6.10 Å². The van der Waals surface area contributed by atoms with Crippen molar-refractivity contribution in [2.75, 3.05) is 6.54 Å². The number of aliphatic hydroxyl groups is 1. The van der Waals surface area contributed by atoms with Gasteiger partial charge in [-0.3, -0.25) is 4.79 Å². The molecule has 0 aliphatic heterocycles. The number of carbonyl (C=O) groups excluding carboxylic acids is 1. The highest BCUT2D eigenvalue weighted by Crippen LogP contribution is 2.37. The van der Waals surface area contributed by atoms with Gasteiger partial charge in [0.2, 0.25) is 5.91 Å². The zero-order chi connectivity index (χ0) is 13.1. The van der Waals surface area contributed by atoms with E-state index in [2.05, 4.69) is 26.1 Å². The summed E-state index contributed by atoms with van der Waals surface area (Å²) >= 11 is 0. The van der Waals surface area contributed by atoms with Crippen LogP contribution < -0.4 is 11.1 Å². The third-order valence-corrected chi connectivity index (χ3v) is 3.78. The van der Waals surface area contributed by atoms with Crippen LogP contribution in [-0.4, -0.2) is 29.7 Å². The van der Waals surface area contributed by atoms with E-state index in [4.69, 9.17) is 5.73 Å². The number of hydrogen-bond acceptors (Lipinski definition) is 3. The Kier molecular flexibility index (Phi) is 4.95. The van der Waals surface area contributed by atoms with Gasteiger partial charge in [0, 0.05) is 12.6 Å². The Morgan fingerprint density at radius 2 is 2.00 bits per heavy atom. The monoisotopic (exact) mass is 242 g/mol. The molecule has 17 heavy (non-hydrogen) atoms. The van der Waals surface area contributed by atoms with Gasteiger partial charge < -0.3 is 16.2 Å². The first-order valence-corrected chi connectivity index (χ1v) is 6.53. The van der Waals surface area contributed by atoms with Crippen molar-refractivity contribution in [1.82, 2.24) is 5.32 Å². The molecule has 1 aliphatic rings. The Hall–Kier alpha value is -0.610. The molecule has 0 heterocycles. The Bertz CT molecular complexity index is 261. The molecule has 0 radical (unpaired) electrons. The van der Waals surface area contributed by atoms with Gasteiger partial charge in [0.25, 0.3) is 0 Å². The molecule has 0 aromatic rings. The average molecular weight is 242 g/mol. The third-order valence-electron chi connectivity index (χ3n) is 3.78. The molecule has 4 nitrogen and oxygen atoms in total. The highest BCUT2D eigenvalue weighted by Gasteiger charge is 2.34. The maximum absolute atomic E-state index is 10.8. The molecule has 4 heteroatoms. The Morgan fingerprint density at radius 1 is 1.41 bits per heavy atom. The number of aliphatic hydroxyl groups excluding tert-OH is 1. The normalized spacial score (nSPS) is 27.8. The van der Waals surface area contributed by atoms with Gasteiger partial charge in [-0.15, -0.1) is 0 Å². The minimum atomic E-state index is -1.07. The number of carbonyl (C=O) groups is 1. The molecule has 3 unspecified atom stereocenters. The molecule has 1 amide bonds. The van der Waals surface area contributed by atoms with E-state index in [0.29, 0.717) is 12.0 Å². The molecule has 1 aliphatic carbocycles. The highest BCUT2D eigenvalue weighted by molar-refractivity contribution is 5.78. The van der Waals surface area contributed by atoms with Crippen LogP contribution in [0.1, 0.15) is 46.5 Å². The van der Waals surface area contributed by atoms with Crippen molar-refractivity contribution >= 4 is 5.91 Å². The smallest absolute Gasteiger partial charge is 0.247 e. The SMILES string of the molecule is CC(C)(C)C1CCCCC1NCC(O)C(N)=O. The lowest BCUT2D eigenvalue weighted by Crippen LogP contribution is -2.48. The number of amides is 1. The van der Waals surface area contributed by atoms with Crippen LogP contribution in [0.25, 0.3) is 0 Å². The maximum Gasteiger partial charge on any atom is 0.247 e. The van der Waals surface area contributed by atoms with E-state index < -0.39 is 12.0 Å². The van der Waals surface area contributed by atoms with Gasteiger partial charge in [-0.05, 0) is 24.2 Å². The van der Waals surface area contributed by atoms with Crippen molar-refractivity contribution in [3.05, 3.63) is 0 Å². The van der Waals surface area contributed by atoms with Crippen LogP contribution in [0.2, 0.25) is 0 Å².